The molecule has 0 radical (unpaired) electrons. The topological polar surface area (TPSA) is 70.6 Å². The highest BCUT2D eigenvalue weighted by atomic mass is 16.6. The minimum atomic E-state index is -0.246. The van der Waals surface area contributed by atoms with Crippen LogP contribution in [-0.2, 0) is 11.3 Å². The number of nitrogens with one attached hydrogen (secondary N) is 1. The fraction of sp³-hybridized carbons (Fsp3) is 0.667. The molecule has 0 aromatic carbocycles. The van der Waals surface area contributed by atoms with E-state index >= 15 is 0 Å². The average Bonchev–Trinajstić information content (AvgIpc) is 2.69. The van der Waals surface area contributed by atoms with Crippen molar-refractivity contribution in [2.24, 2.45) is 0 Å². The van der Waals surface area contributed by atoms with E-state index in [1.54, 1.807) is 4.90 Å². The Bertz CT molecular complexity index is 612. The standard InChI is InChI=1S/C15H21N5O2/c1-9-13-12(8-20(9)15(21)22-11-6-16-7-11)17-10(2)18-14(13)19-4-3-5-19/h9,11,16H,3-8H2,1-2H3/t9-/m1/s1. The molecule has 2 fully saturated rings. The van der Waals surface area contributed by atoms with Gasteiger partial charge in [-0.25, -0.2) is 14.8 Å². The van der Waals surface area contributed by atoms with E-state index < -0.39 is 0 Å². The van der Waals surface area contributed by atoms with Gasteiger partial charge < -0.3 is 15.0 Å². The van der Waals surface area contributed by atoms with Crippen LogP contribution in [0.1, 0.15) is 36.5 Å². The molecule has 1 atom stereocenters. The third-order valence-electron chi connectivity index (χ3n) is 4.72. The lowest BCUT2D eigenvalue weighted by molar-refractivity contribution is 0.0324. The molecule has 0 aliphatic carbocycles. The van der Waals surface area contributed by atoms with Gasteiger partial charge in [-0.05, 0) is 20.3 Å². The molecule has 2 saturated heterocycles. The highest BCUT2D eigenvalue weighted by Crippen LogP contribution is 2.39. The number of aryl methyl sites for hydroxylation is 1. The summed E-state index contributed by atoms with van der Waals surface area (Å²) in [5, 5.41) is 3.11. The Morgan fingerprint density at radius 1 is 1.32 bits per heavy atom. The molecule has 7 heteroatoms. The van der Waals surface area contributed by atoms with Crippen LogP contribution in [0.15, 0.2) is 0 Å². The highest BCUT2D eigenvalue weighted by Gasteiger charge is 2.38. The number of aromatic nitrogens is 2. The first kappa shape index (κ1) is 13.8. The van der Waals surface area contributed by atoms with Crippen LogP contribution in [0.5, 0.6) is 0 Å². The smallest absolute Gasteiger partial charge is 0.411 e. The molecule has 3 aliphatic heterocycles. The lowest BCUT2D eigenvalue weighted by Crippen LogP contribution is -2.50. The molecule has 0 unspecified atom stereocenters. The summed E-state index contributed by atoms with van der Waals surface area (Å²) < 4.78 is 5.51. The van der Waals surface area contributed by atoms with Crippen LogP contribution in [0, 0.1) is 6.92 Å². The molecule has 0 saturated carbocycles. The SMILES string of the molecule is Cc1nc2c(c(N3CCC3)n1)[C@@H](C)N(C(=O)OC1CNC1)C2. The van der Waals surface area contributed by atoms with E-state index in [1.807, 2.05) is 13.8 Å². The molecule has 4 rings (SSSR count). The van der Waals surface area contributed by atoms with Crippen molar-refractivity contribution in [1.82, 2.24) is 20.2 Å². The van der Waals surface area contributed by atoms with Crippen molar-refractivity contribution in [1.29, 1.82) is 0 Å². The van der Waals surface area contributed by atoms with E-state index in [0.717, 1.165) is 49.1 Å². The van der Waals surface area contributed by atoms with Crippen LogP contribution in [0.2, 0.25) is 0 Å². The number of anilines is 1. The van der Waals surface area contributed by atoms with Crippen molar-refractivity contribution >= 4 is 11.9 Å². The third kappa shape index (κ3) is 2.11. The molecule has 3 aliphatic rings. The minimum Gasteiger partial charge on any atom is -0.443 e. The maximum Gasteiger partial charge on any atom is 0.411 e. The number of nitrogens with zero attached hydrogens (tertiary/aromatic N) is 4. The van der Waals surface area contributed by atoms with Gasteiger partial charge in [0, 0.05) is 31.7 Å². The Morgan fingerprint density at radius 3 is 2.68 bits per heavy atom. The molecule has 7 nitrogen and oxygen atoms in total. The van der Waals surface area contributed by atoms with E-state index in [4.69, 9.17) is 4.74 Å². The zero-order valence-corrected chi connectivity index (χ0v) is 13.0. The number of amides is 1. The zero-order valence-electron chi connectivity index (χ0n) is 13.0. The molecular weight excluding hydrogens is 282 g/mol. The normalized spacial score (nSPS) is 23.8. The maximum absolute atomic E-state index is 12.4. The number of carbonyl (C=O) groups excluding carboxylic acids is 1. The molecule has 0 bridgehead atoms. The van der Waals surface area contributed by atoms with Crippen molar-refractivity contribution in [3.8, 4) is 0 Å². The zero-order chi connectivity index (χ0) is 15.3. The summed E-state index contributed by atoms with van der Waals surface area (Å²) in [6.45, 7) is 8.03. The highest BCUT2D eigenvalue weighted by molar-refractivity contribution is 5.71. The average molecular weight is 303 g/mol. The van der Waals surface area contributed by atoms with Gasteiger partial charge >= 0.3 is 6.09 Å². The summed E-state index contributed by atoms with van der Waals surface area (Å²) in [6, 6.07) is -0.0354. The quantitative estimate of drug-likeness (QED) is 0.878. The van der Waals surface area contributed by atoms with Crippen molar-refractivity contribution in [3.05, 3.63) is 17.1 Å². The second-order valence-corrected chi connectivity index (χ2v) is 6.26. The minimum absolute atomic E-state index is 0.00563. The molecular formula is C15H21N5O2. The lowest BCUT2D eigenvalue weighted by atomic mass is 10.1. The second kappa shape index (κ2) is 5.08. The first-order valence-electron chi connectivity index (χ1n) is 7.94. The number of carbonyl (C=O) groups is 1. The summed E-state index contributed by atoms with van der Waals surface area (Å²) in [5.74, 6) is 1.77. The molecule has 1 amide bonds. The van der Waals surface area contributed by atoms with Gasteiger partial charge in [0.05, 0.1) is 18.3 Å². The number of hydrogen-bond acceptors (Lipinski definition) is 6. The van der Waals surface area contributed by atoms with Gasteiger partial charge in [0.1, 0.15) is 17.7 Å². The summed E-state index contributed by atoms with van der Waals surface area (Å²) in [7, 11) is 0. The Kier molecular flexibility index (Phi) is 3.18. The van der Waals surface area contributed by atoms with E-state index in [2.05, 4.69) is 20.2 Å². The number of ether oxygens (including phenoxy) is 1. The fourth-order valence-electron chi connectivity index (χ4n) is 3.17. The summed E-state index contributed by atoms with van der Waals surface area (Å²) in [4.78, 5) is 25.6. The van der Waals surface area contributed by atoms with Gasteiger partial charge in [-0.2, -0.15) is 0 Å². The van der Waals surface area contributed by atoms with Crippen LogP contribution in [-0.4, -0.2) is 53.2 Å². The number of hydrogen-bond donors (Lipinski definition) is 1. The van der Waals surface area contributed by atoms with Gasteiger partial charge in [0.15, 0.2) is 0 Å². The predicted octanol–water partition coefficient (Wildman–Crippen LogP) is 0.980. The largest absolute Gasteiger partial charge is 0.443 e. The maximum atomic E-state index is 12.4. The van der Waals surface area contributed by atoms with Crippen molar-refractivity contribution in [3.63, 3.8) is 0 Å². The van der Waals surface area contributed by atoms with Crippen LogP contribution in [0.3, 0.4) is 0 Å². The first-order valence-corrected chi connectivity index (χ1v) is 7.94. The van der Waals surface area contributed by atoms with E-state index in [0.29, 0.717) is 6.54 Å². The van der Waals surface area contributed by atoms with Gasteiger partial charge in [-0.15, -0.1) is 0 Å². The van der Waals surface area contributed by atoms with Crippen molar-refractivity contribution in [2.45, 2.75) is 39.0 Å². The molecule has 1 aromatic heterocycles. The molecule has 0 spiro atoms. The number of fused-ring (bicyclic) bond motifs is 1. The van der Waals surface area contributed by atoms with Gasteiger partial charge in [-0.1, -0.05) is 0 Å². The Balaban J connectivity index is 1.60. The third-order valence-corrected chi connectivity index (χ3v) is 4.72. The molecule has 22 heavy (non-hydrogen) atoms. The fourth-order valence-corrected chi connectivity index (χ4v) is 3.17. The van der Waals surface area contributed by atoms with E-state index in [9.17, 15) is 4.79 Å². The van der Waals surface area contributed by atoms with Gasteiger partial charge in [0.2, 0.25) is 0 Å². The second-order valence-electron chi connectivity index (χ2n) is 6.26. The van der Waals surface area contributed by atoms with E-state index in [-0.39, 0.29) is 18.2 Å². The molecule has 1 aromatic rings. The molecule has 118 valence electrons. The predicted molar refractivity (Wildman–Crippen MR) is 80.7 cm³/mol. The van der Waals surface area contributed by atoms with E-state index in [1.165, 1.54) is 6.42 Å². The van der Waals surface area contributed by atoms with Crippen LogP contribution >= 0.6 is 0 Å². The number of rotatable bonds is 2. The lowest BCUT2D eigenvalue weighted by Gasteiger charge is -2.34. The van der Waals surface area contributed by atoms with Crippen molar-refractivity contribution < 1.29 is 9.53 Å². The Hall–Kier alpha value is -1.89. The van der Waals surface area contributed by atoms with Crippen LogP contribution in [0.4, 0.5) is 10.6 Å². The van der Waals surface area contributed by atoms with Gasteiger partial charge in [0.25, 0.3) is 0 Å². The first-order chi connectivity index (χ1) is 10.6. The Labute approximate surface area is 129 Å². The van der Waals surface area contributed by atoms with Crippen LogP contribution < -0.4 is 10.2 Å². The Morgan fingerprint density at radius 2 is 2.09 bits per heavy atom. The van der Waals surface area contributed by atoms with Crippen LogP contribution in [0.25, 0.3) is 0 Å². The summed E-state index contributed by atoms with van der Waals surface area (Å²) in [6.07, 6.45) is 0.961. The summed E-state index contributed by atoms with van der Waals surface area (Å²) >= 11 is 0. The van der Waals surface area contributed by atoms with Crippen molar-refractivity contribution in [2.75, 3.05) is 31.1 Å². The monoisotopic (exact) mass is 303 g/mol. The molecule has 4 heterocycles. The molecule has 1 N–H and O–H groups in total. The van der Waals surface area contributed by atoms with Gasteiger partial charge in [-0.3, -0.25) is 4.90 Å². The summed E-state index contributed by atoms with van der Waals surface area (Å²) in [5.41, 5.74) is 2.06.